The topological polar surface area (TPSA) is 16.4 Å². The molecular weight excluding hydrogens is 290 g/mol. The van der Waals surface area contributed by atoms with Gasteiger partial charge in [0.2, 0.25) is 4.71 Å². The van der Waals surface area contributed by atoms with E-state index < -0.39 is 0 Å². The highest BCUT2D eigenvalue weighted by Crippen LogP contribution is 2.36. The van der Waals surface area contributed by atoms with Crippen molar-refractivity contribution in [1.82, 2.24) is 0 Å². The second kappa shape index (κ2) is 6.16. The Morgan fingerprint density at radius 3 is 1.91 bits per heavy atom. The van der Waals surface area contributed by atoms with E-state index in [1.54, 1.807) is 0 Å². The third-order valence-electron chi connectivity index (χ3n) is 3.53. The predicted octanol–water partition coefficient (Wildman–Crippen LogP) is 5.41. The second-order valence-corrected chi connectivity index (χ2v) is 5.66. The molecule has 0 atom stereocenters. The van der Waals surface area contributed by atoms with Gasteiger partial charge >= 0.3 is 0 Å². The minimum Gasteiger partial charge on any atom is -0.429 e. The van der Waals surface area contributed by atoms with Crippen LogP contribution in [-0.4, -0.2) is 14.1 Å². The van der Waals surface area contributed by atoms with Crippen LogP contribution in [0.4, 0.5) is 5.88 Å². The first-order chi connectivity index (χ1) is 10.7. The van der Waals surface area contributed by atoms with E-state index in [9.17, 15) is 0 Å². The highest BCUT2D eigenvalue weighted by atomic mass is 32.1. The number of rotatable bonds is 3. The van der Waals surface area contributed by atoms with Crippen LogP contribution in [0, 0.1) is 4.71 Å². The molecule has 0 amide bonds. The molecule has 2 aromatic carbocycles. The molecule has 0 aliphatic rings. The molecule has 3 aromatic rings. The van der Waals surface area contributed by atoms with E-state index in [1.165, 1.54) is 0 Å². The predicted molar refractivity (Wildman–Crippen MR) is 94.7 cm³/mol. The van der Waals surface area contributed by atoms with E-state index >= 15 is 0 Å². The average molecular weight is 307 g/mol. The normalized spacial score (nSPS) is 10.5. The van der Waals surface area contributed by atoms with Gasteiger partial charge in [-0.25, -0.2) is 0 Å². The van der Waals surface area contributed by atoms with Gasteiger partial charge in [-0.15, -0.1) is 0 Å². The molecule has 0 aliphatic heterocycles. The van der Waals surface area contributed by atoms with Gasteiger partial charge in [0, 0.05) is 25.7 Å². The maximum Gasteiger partial charge on any atom is 0.201 e. The van der Waals surface area contributed by atoms with E-state index in [1.807, 2.05) is 61.5 Å². The van der Waals surface area contributed by atoms with E-state index in [2.05, 4.69) is 24.3 Å². The summed E-state index contributed by atoms with van der Waals surface area (Å²) in [5, 5.41) is 0. The Morgan fingerprint density at radius 2 is 1.36 bits per heavy atom. The highest BCUT2D eigenvalue weighted by molar-refractivity contribution is 7.71. The zero-order chi connectivity index (χ0) is 15.5. The number of nitrogens with zero attached hydrogens (tertiary/aromatic N) is 1. The molecule has 0 saturated heterocycles. The second-order valence-electron chi connectivity index (χ2n) is 5.29. The Kier molecular flexibility index (Phi) is 4.07. The first-order valence-corrected chi connectivity index (χ1v) is 7.54. The molecule has 22 heavy (non-hydrogen) atoms. The Morgan fingerprint density at radius 1 is 0.818 bits per heavy atom. The van der Waals surface area contributed by atoms with Crippen LogP contribution in [-0.2, 0) is 0 Å². The fourth-order valence-corrected chi connectivity index (χ4v) is 2.74. The Hall–Kier alpha value is -2.39. The standard InChI is InChI=1S/C19H17NOS/c1-20(2)17-13-16(14-9-5-3-6-10-14)18(19(22)21-17)15-11-7-4-8-12-15/h3-13H,1-2H3. The summed E-state index contributed by atoms with van der Waals surface area (Å²) in [5.41, 5.74) is 4.26. The van der Waals surface area contributed by atoms with Crippen LogP contribution in [0.1, 0.15) is 0 Å². The van der Waals surface area contributed by atoms with Gasteiger partial charge in [-0.1, -0.05) is 60.7 Å². The van der Waals surface area contributed by atoms with Crippen molar-refractivity contribution < 1.29 is 4.42 Å². The summed E-state index contributed by atoms with van der Waals surface area (Å²) >= 11 is 5.53. The largest absolute Gasteiger partial charge is 0.429 e. The lowest BCUT2D eigenvalue weighted by atomic mass is 9.97. The van der Waals surface area contributed by atoms with Crippen LogP contribution in [0.2, 0.25) is 0 Å². The minimum absolute atomic E-state index is 0.510. The van der Waals surface area contributed by atoms with Crippen molar-refractivity contribution in [1.29, 1.82) is 0 Å². The minimum atomic E-state index is 0.510. The third-order valence-corrected chi connectivity index (χ3v) is 3.81. The quantitative estimate of drug-likeness (QED) is 0.602. The zero-order valence-corrected chi connectivity index (χ0v) is 13.4. The summed E-state index contributed by atoms with van der Waals surface area (Å²) in [6, 6.07) is 22.5. The monoisotopic (exact) mass is 307 g/mol. The number of anilines is 1. The molecule has 0 spiro atoms. The maximum atomic E-state index is 5.83. The molecule has 110 valence electrons. The van der Waals surface area contributed by atoms with Gasteiger partial charge in [0.1, 0.15) is 0 Å². The van der Waals surface area contributed by atoms with E-state index in [0.717, 1.165) is 28.1 Å². The fraction of sp³-hybridized carbons (Fsp3) is 0.105. The van der Waals surface area contributed by atoms with Gasteiger partial charge in [-0.3, -0.25) is 0 Å². The van der Waals surface area contributed by atoms with Gasteiger partial charge in [-0.05, 0) is 28.9 Å². The SMILES string of the molecule is CN(C)c1cc(-c2ccccc2)c(-c2ccccc2)c(=S)o1. The fourth-order valence-electron chi connectivity index (χ4n) is 2.43. The van der Waals surface area contributed by atoms with Gasteiger partial charge < -0.3 is 9.32 Å². The summed E-state index contributed by atoms with van der Waals surface area (Å²) in [5.74, 6) is 0.753. The molecule has 1 aromatic heterocycles. The molecule has 0 fully saturated rings. The summed E-state index contributed by atoms with van der Waals surface area (Å²) in [6.07, 6.45) is 0. The van der Waals surface area contributed by atoms with E-state index in [4.69, 9.17) is 16.6 Å². The van der Waals surface area contributed by atoms with Crippen molar-refractivity contribution in [3.05, 3.63) is 71.4 Å². The van der Waals surface area contributed by atoms with Gasteiger partial charge in [0.25, 0.3) is 0 Å². The summed E-state index contributed by atoms with van der Waals surface area (Å²) in [4.78, 5) is 1.93. The first-order valence-electron chi connectivity index (χ1n) is 7.13. The molecular formula is C19H17NOS. The molecule has 1 heterocycles. The summed E-state index contributed by atoms with van der Waals surface area (Å²) < 4.78 is 6.34. The van der Waals surface area contributed by atoms with Crippen molar-refractivity contribution in [2.75, 3.05) is 19.0 Å². The molecule has 0 bridgehead atoms. The molecule has 0 saturated carbocycles. The van der Waals surface area contributed by atoms with Gasteiger partial charge in [0.15, 0.2) is 5.88 Å². The Labute approximate surface area is 135 Å². The Balaban J connectivity index is 2.31. The molecule has 2 nitrogen and oxygen atoms in total. The molecule has 0 N–H and O–H groups in total. The summed E-state index contributed by atoms with van der Waals surface area (Å²) in [7, 11) is 3.90. The molecule has 3 rings (SSSR count). The smallest absolute Gasteiger partial charge is 0.201 e. The number of hydrogen-bond acceptors (Lipinski definition) is 3. The van der Waals surface area contributed by atoms with E-state index in [0.29, 0.717) is 4.71 Å². The van der Waals surface area contributed by atoms with Crippen LogP contribution in [0.15, 0.2) is 71.1 Å². The first kappa shape index (κ1) is 14.5. The third kappa shape index (κ3) is 2.81. The van der Waals surface area contributed by atoms with Crippen LogP contribution >= 0.6 is 12.2 Å². The Bertz CT molecular complexity index is 823. The number of benzene rings is 2. The molecule has 0 radical (unpaired) electrons. The van der Waals surface area contributed by atoms with Crippen LogP contribution in [0.3, 0.4) is 0 Å². The lowest BCUT2D eigenvalue weighted by Gasteiger charge is -2.16. The van der Waals surface area contributed by atoms with Gasteiger partial charge in [-0.2, -0.15) is 0 Å². The van der Waals surface area contributed by atoms with Crippen molar-refractivity contribution in [2.45, 2.75) is 0 Å². The maximum absolute atomic E-state index is 5.83. The van der Waals surface area contributed by atoms with Crippen LogP contribution < -0.4 is 4.90 Å². The number of hydrogen-bond donors (Lipinski definition) is 0. The van der Waals surface area contributed by atoms with Crippen LogP contribution in [0.25, 0.3) is 22.3 Å². The highest BCUT2D eigenvalue weighted by Gasteiger charge is 2.14. The lowest BCUT2D eigenvalue weighted by molar-refractivity contribution is 0.536. The lowest BCUT2D eigenvalue weighted by Crippen LogP contribution is -2.08. The van der Waals surface area contributed by atoms with Crippen molar-refractivity contribution in [3.63, 3.8) is 0 Å². The molecule has 3 heteroatoms. The average Bonchev–Trinajstić information content (AvgIpc) is 2.55. The van der Waals surface area contributed by atoms with Crippen molar-refractivity contribution >= 4 is 18.1 Å². The van der Waals surface area contributed by atoms with Crippen molar-refractivity contribution in [2.24, 2.45) is 0 Å². The van der Waals surface area contributed by atoms with Gasteiger partial charge in [0.05, 0.1) is 0 Å². The van der Waals surface area contributed by atoms with E-state index in [-0.39, 0.29) is 0 Å². The molecule has 0 unspecified atom stereocenters. The van der Waals surface area contributed by atoms with Crippen molar-refractivity contribution in [3.8, 4) is 22.3 Å². The summed E-state index contributed by atoms with van der Waals surface area (Å²) in [6.45, 7) is 0. The zero-order valence-electron chi connectivity index (χ0n) is 12.6. The molecule has 0 aliphatic carbocycles. The van der Waals surface area contributed by atoms with Crippen LogP contribution in [0.5, 0.6) is 0 Å².